The molecule has 1 atom stereocenters. The zero-order valence-corrected chi connectivity index (χ0v) is 23.7. The second kappa shape index (κ2) is 13.0. The molecule has 2 aromatic heterocycles. The van der Waals surface area contributed by atoms with Crippen LogP contribution in [0.2, 0.25) is 4.34 Å². The zero-order valence-electron chi connectivity index (χ0n) is 22.1. The summed E-state index contributed by atoms with van der Waals surface area (Å²) in [7, 11) is 1.58. The van der Waals surface area contributed by atoms with E-state index in [1.807, 2.05) is 24.3 Å². The minimum absolute atomic E-state index is 0.0794. The van der Waals surface area contributed by atoms with Gasteiger partial charge in [-0.05, 0) is 42.8 Å². The van der Waals surface area contributed by atoms with Crippen LogP contribution in [0, 0.1) is 0 Å². The third-order valence-electron chi connectivity index (χ3n) is 6.92. The summed E-state index contributed by atoms with van der Waals surface area (Å²) < 4.78 is 18.5. The highest BCUT2D eigenvalue weighted by atomic mass is 35.5. The number of anilines is 1. The van der Waals surface area contributed by atoms with Crippen molar-refractivity contribution in [1.29, 1.82) is 0 Å². The molecule has 2 aliphatic rings. The van der Waals surface area contributed by atoms with E-state index >= 15 is 0 Å². The number of aromatic nitrogens is 1. The summed E-state index contributed by atoms with van der Waals surface area (Å²) in [6, 6.07) is 12.5. The number of morpholine rings is 1. The van der Waals surface area contributed by atoms with Crippen LogP contribution in [-0.2, 0) is 27.2 Å². The molecule has 1 N–H and O–H groups in total. The quantitative estimate of drug-likeness (QED) is 0.389. The van der Waals surface area contributed by atoms with E-state index in [0.717, 1.165) is 44.0 Å². The summed E-state index contributed by atoms with van der Waals surface area (Å²) in [5.74, 6) is -0.268. The molecule has 0 radical (unpaired) electrons. The van der Waals surface area contributed by atoms with Gasteiger partial charge < -0.3 is 19.5 Å². The first-order chi connectivity index (χ1) is 19.4. The van der Waals surface area contributed by atoms with Crippen molar-refractivity contribution >= 4 is 40.6 Å². The molecule has 0 spiro atoms. The number of carbonyl (C=O) groups is 2. The van der Waals surface area contributed by atoms with Gasteiger partial charge in [-0.2, -0.15) is 0 Å². The predicted octanol–water partition coefficient (Wildman–Crippen LogP) is 3.33. The van der Waals surface area contributed by atoms with Crippen LogP contribution < -0.4 is 15.8 Å². The number of methoxy groups -OCH3 is 1. The number of ether oxygens (including phenoxy) is 3. The molecule has 2 aliphatic heterocycles. The largest absolute Gasteiger partial charge is 0.442 e. The normalized spacial score (nSPS) is 17.7. The number of thiophene rings is 1. The average molecular weight is 587 g/mol. The van der Waals surface area contributed by atoms with Crippen LogP contribution >= 0.6 is 22.9 Å². The third kappa shape index (κ3) is 6.56. The van der Waals surface area contributed by atoms with Gasteiger partial charge in [0.15, 0.2) is 0 Å². The molecule has 40 heavy (non-hydrogen) atoms. The molecule has 1 aromatic carbocycles. The Morgan fingerprint density at radius 1 is 1.15 bits per heavy atom. The number of pyridine rings is 1. The summed E-state index contributed by atoms with van der Waals surface area (Å²) in [6.45, 7) is 4.67. The number of cyclic esters (lactones) is 1. The number of hydrogen-bond donors (Lipinski definition) is 1. The van der Waals surface area contributed by atoms with Crippen molar-refractivity contribution in [2.45, 2.75) is 19.1 Å². The standard InChI is InChI=1S/C28H31ClN4O6S/c1-37-18-20-15-21(33-17-22(39-28(33)36)16-30-26(34)24-6-7-25(29)40-24)4-5-23(20)32-9-2-3-19(27(32)35)8-10-31-11-13-38-14-12-31/h2-7,9,15,22H,8,10-14,16-18H2,1H3,(H,30,34)/t22-/m0/s1. The Kier molecular flexibility index (Phi) is 9.18. The first kappa shape index (κ1) is 28.3. The highest BCUT2D eigenvalue weighted by Gasteiger charge is 2.33. The number of halogens is 1. The van der Waals surface area contributed by atoms with E-state index in [4.69, 9.17) is 25.8 Å². The minimum Gasteiger partial charge on any atom is -0.442 e. The van der Waals surface area contributed by atoms with E-state index in [0.29, 0.717) is 27.0 Å². The van der Waals surface area contributed by atoms with Crippen molar-refractivity contribution in [3.63, 3.8) is 0 Å². The van der Waals surface area contributed by atoms with Crippen LogP contribution in [0.5, 0.6) is 0 Å². The fourth-order valence-corrected chi connectivity index (χ4v) is 5.80. The molecule has 5 rings (SSSR count). The predicted molar refractivity (Wildman–Crippen MR) is 153 cm³/mol. The topological polar surface area (TPSA) is 102 Å². The first-order valence-electron chi connectivity index (χ1n) is 13.1. The van der Waals surface area contributed by atoms with Crippen molar-refractivity contribution in [1.82, 2.24) is 14.8 Å². The van der Waals surface area contributed by atoms with Gasteiger partial charge in [0.05, 0.1) is 47.8 Å². The van der Waals surface area contributed by atoms with Crippen LogP contribution in [0.1, 0.15) is 20.8 Å². The minimum atomic E-state index is -0.511. The summed E-state index contributed by atoms with van der Waals surface area (Å²) in [6.07, 6.45) is 1.38. The molecule has 0 aliphatic carbocycles. The Bertz CT molecular complexity index is 1420. The van der Waals surface area contributed by atoms with Crippen molar-refractivity contribution in [3.05, 3.63) is 79.4 Å². The Morgan fingerprint density at radius 3 is 2.73 bits per heavy atom. The molecule has 212 valence electrons. The van der Waals surface area contributed by atoms with Crippen LogP contribution in [0.3, 0.4) is 0 Å². The summed E-state index contributed by atoms with van der Waals surface area (Å²) in [5.41, 5.74) is 2.72. The van der Waals surface area contributed by atoms with E-state index in [9.17, 15) is 14.4 Å². The monoisotopic (exact) mass is 586 g/mol. The molecular weight excluding hydrogens is 556 g/mol. The van der Waals surface area contributed by atoms with E-state index in [1.54, 1.807) is 36.1 Å². The van der Waals surface area contributed by atoms with Gasteiger partial charge in [0.1, 0.15) is 6.10 Å². The number of hydrogen-bond acceptors (Lipinski definition) is 8. The molecule has 2 fully saturated rings. The molecule has 0 saturated carbocycles. The Labute approximate surface area is 241 Å². The fourth-order valence-electron chi connectivity index (χ4n) is 4.84. The molecule has 0 bridgehead atoms. The van der Waals surface area contributed by atoms with Gasteiger partial charge in [0.25, 0.3) is 11.5 Å². The van der Waals surface area contributed by atoms with Crippen molar-refractivity contribution in [3.8, 4) is 5.69 Å². The van der Waals surface area contributed by atoms with E-state index in [-0.39, 0.29) is 31.2 Å². The summed E-state index contributed by atoms with van der Waals surface area (Å²) in [5, 5.41) is 2.79. The van der Waals surface area contributed by atoms with Gasteiger partial charge in [-0.1, -0.05) is 17.7 Å². The second-order valence-corrected chi connectivity index (χ2v) is 11.3. The maximum absolute atomic E-state index is 13.4. The van der Waals surface area contributed by atoms with E-state index in [2.05, 4.69) is 10.2 Å². The lowest BCUT2D eigenvalue weighted by Gasteiger charge is -2.26. The smallest absolute Gasteiger partial charge is 0.414 e. The number of benzene rings is 1. The van der Waals surface area contributed by atoms with Gasteiger partial charge in [-0.15, -0.1) is 11.3 Å². The highest BCUT2D eigenvalue weighted by molar-refractivity contribution is 7.18. The van der Waals surface area contributed by atoms with Crippen molar-refractivity contribution < 1.29 is 23.8 Å². The first-order valence-corrected chi connectivity index (χ1v) is 14.3. The fraction of sp³-hybridized carbons (Fsp3) is 0.393. The molecular formula is C28H31ClN4O6S. The van der Waals surface area contributed by atoms with E-state index in [1.165, 1.54) is 16.2 Å². The zero-order chi connectivity index (χ0) is 28.1. The van der Waals surface area contributed by atoms with Gasteiger partial charge in [-0.3, -0.25) is 24.0 Å². The molecule has 3 aromatic rings. The molecule has 2 amide bonds. The van der Waals surface area contributed by atoms with Crippen molar-refractivity contribution in [2.24, 2.45) is 0 Å². The number of carbonyl (C=O) groups excluding carboxylic acids is 2. The van der Waals surface area contributed by atoms with Crippen LogP contribution in [0.4, 0.5) is 10.5 Å². The molecule has 0 unspecified atom stereocenters. The number of nitrogens with one attached hydrogen (secondary N) is 1. The lowest BCUT2D eigenvalue weighted by molar-refractivity contribution is 0.0384. The Balaban J connectivity index is 1.29. The third-order valence-corrected chi connectivity index (χ3v) is 8.15. The average Bonchev–Trinajstić information content (AvgIpc) is 3.57. The molecule has 4 heterocycles. The Hall–Kier alpha value is -3.22. The number of amides is 2. The van der Waals surface area contributed by atoms with Crippen molar-refractivity contribution in [2.75, 3.05) is 57.9 Å². The van der Waals surface area contributed by atoms with Crippen LogP contribution in [0.25, 0.3) is 5.69 Å². The lowest BCUT2D eigenvalue weighted by Crippen LogP contribution is -2.38. The second-order valence-electron chi connectivity index (χ2n) is 9.59. The highest BCUT2D eigenvalue weighted by Crippen LogP contribution is 2.27. The van der Waals surface area contributed by atoms with Gasteiger partial charge in [0, 0.05) is 49.8 Å². The van der Waals surface area contributed by atoms with Crippen LogP contribution in [-0.4, -0.2) is 80.6 Å². The van der Waals surface area contributed by atoms with Gasteiger partial charge >= 0.3 is 6.09 Å². The number of nitrogens with zero attached hydrogens (tertiary/aromatic N) is 3. The SMILES string of the molecule is COCc1cc(N2C[C@H](CNC(=O)c3ccc(Cl)s3)OC2=O)ccc1-n1cccc(CCN2CCOCC2)c1=O. The van der Waals surface area contributed by atoms with Crippen LogP contribution in [0.15, 0.2) is 53.5 Å². The maximum atomic E-state index is 13.4. The van der Waals surface area contributed by atoms with Gasteiger partial charge in [-0.25, -0.2) is 4.79 Å². The maximum Gasteiger partial charge on any atom is 0.414 e. The lowest BCUT2D eigenvalue weighted by atomic mass is 10.1. The molecule has 2 saturated heterocycles. The molecule has 12 heteroatoms. The van der Waals surface area contributed by atoms with E-state index < -0.39 is 12.2 Å². The summed E-state index contributed by atoms with van der Waals surface area (Å²) >= 11 is 7.10. The number of rotatable bonds is 10. The van der Waals surface area contributed by atoms with Gasteiger partial charge in [0.2, 0.25) is 0 Å². The molecule has 10 nitrogen and oxygen atoms in total. The Morgan fingerprint density at radius 2 is 1.98 bits per heavy atom. The summed E-state index contributed by atoms with van der Waals surface area (Å²) in [4.78, 5) is 42.8.